The van der Waals surface area contributed by atoms with E-state index in [1.807, 2.05) is 71.6 Å². The van der Waals surface area contributed by atoms with Gasteiger partial charge in [-0.1, -0.05) is 53.8 Å². The van der Waals surface area contributed by atoms with Crippen LogP contribution in [-0.4, -0.2) is 101 Å². The largest absolute Gasteiger partial charge is 0.380 e. The number of aromatic nitrogens is 2. The number of fused-ring (bicyclic) bond motifs is 2. The number of morpholine rings is 1. The summed E-state index contributed by atoms with van der Waals surface area (Å²) in [6.07, 6.45) is 2.36. The van der Waals surface area contributed by atoms with Crippen LogP contribution in [0.2, 0.25) is 0 Å². The second-order valence-corrected chi connectivity index (χ2v) is 21.3. The first-order valence-corrected chi connectivity index (χ1v) is 25.6. The van der Waals surface area contributed by atoms with Crippen molar-refractivity contribution >= 4 is 92.3 Å². The number of nitrogens with one attached hydrogen (secondary N) is 3. The Balaban J connectivity index is 0.949. The molecule has 2 aliphatic rings. The summed E-state index contributed by atoms with van der Waals surface area (Å²) >= 11 is 4.22. The normalized spacial score (nSPS) is 15.3. The van der Waals surface area contributed by atoms with Crippen LogP contribution < -0.4 is 20.3 Å². The number of nitrogens with zero attached hydrogens (tertiary/aromatic N) is 4. The maximum absolute atomic E-state index is 13.7. The molecule has 1 atom stereocenters. The van der Waals surface area contributed by atoms with Crippen LogP contribution in [0, 0.1) is 0 Å². The van der Waals surface area contributed by atoms with Gasteiger partial charge in [0.15, 0.2) is 20.1 Å². The molecule has 2 amide bonds. The molecule has 19 heteroatoms. The van der Waals surface area contributed by atoms with E-state index in [9.17, 15) is 26.4 Å². The second kappa shape index (κ2) is 18.6. The molecular formula is C42H43N7O7S5. The maximum Gasteiger partial charge on any atom is 0.284 e. The van der Waals surface area contributed by atoms with E-state index in [1.54, 1.807) is 17.8 Å². The predicted molar refractivity (Wildman–Crippen MR) is 242 cm³/mol. The topological polar surface area (TPSA) is 180 Å². The first-order valence-electron chi connectivity index (χ1n) is 19.5. The van der Waals surface area contributed by atoms with Crippen LogP contribution in [0.25, 0.3) is 10.2 Å². The summed E-state index contributed by atoms with van der Waals surface area (Å²) < 4.78 is 62.2. The number of amides is 2. The van der Waals surface area contributed by atoms with Gasteiger partial charge in [0.1, 0.15) is 5.69 Å². The molecule has 318 valence electrons. The number of sulfone groups is 1. The highest BCUT2D eigenvalue weighted by molar-refractivity contribution is 7.99. The summed E-state index contributed by atoms with van der Waals surface area (Å²) in [5, 5.41) is 8.79. The molecule has 0 bridgehead atoms. The molecule has 0 aliphatic carbocycles. The maximum atomic E-state index is 13.7. The first-order chi connectivity index (χ1) is 29.4. The Morgan fingerprint density at radius 1 is 0.902 bits per heavy atom. The number of hydrogen-bond acceptors (Lipinski definition) is 15. The number of para-hydroxylation sites is 1. The number of benzene rings is 4. The molecule has 1 fully saturated rings. The molecule has 6 aromatic rings. The van der Waals surface area contributed by atoms with Gasteiger partial charge in [-0.3, -0.25) is 19.8 Å². The number of thioether (sulfide) groups is 1. The van der Waals surface area contributed by atoms with E-state index in [4.69, 9.17) is 4.74 Å². The van der Waals surface area contributed by atoms with Crippen LogP contribution in [-0.2, 0) is 37.6 Å². The van der Waals surface area contributed by atoms with Crippen molar-refractivity contribution in [1.82, 2.24) is 19.6 Å². The van der Waals surface area contributed by atoms with Gasteiger partial charge in [-0.05, 0) is 72.5 Å². The Bertz CT molecular complexity index is 2740. The fourth-order valence-electron chi connectivity index (χ4n) is 7.18. The molecular weight excluding hydrogens is 875 g/mol. The molecule has 3 N–H and O–H groups in total. The Morgan fingerprint density at radius 3 is 2.48 bits per heavy atom. The number of anilines is 3. The number of sulfonamides is 1. The van der Waals surface area contributed by atoms with Crippen LogP contribution in [0.3, 0.4) is 0 Å². The number of thiazole rings is 2. The highest BCUT2D eigenvalue weighted by Gasteiger charge is 2.28. The number of hydrogen-bond donors (Lipinski definition) is 3. The van der Waals surface area contributed by atoms with Crippen molar-refractivity contribution in [3.63, 3.8) is 0 Å². The van der Waals surface area contributed by atoms with Gasteiger partial charge < -0.3 is 15.0 Å². The molecule has 2 aromatic heterocycles. The lowest BCUT2D eigenvalue weighted by Crippen LogP contribution is -2.39. The molecule has 4 heterocycles. The molecule has 1 saturated heterocycles. The standard InChI is InChI=1S/C42H43N7O7S5/c1-60(52,53)38-24-31(14-15-35(38)43-29(17-18-48-20-22-56-23-21-48)26-57-30-9-3-2-4-10-30)61(54,55)47-40(51)36-27-58-42(45-36)49-19-16-28-8-7-11-32(33(28)25-49)39(50)46-41-44-34-12-5-6-13-37(34)59-41/h2-15,24,27,29,43H,16-23,25-26H2,1H3,(H,47,51)(H,44,46,50)/t29-/m1/s1. The lowest BCUT2D eigenvalue weighted by Gasteiger charge is -2.29. The number of carbonyl (C=O) groups is 2. The highest BCUT2D eigenvalue weighted by atomic mass is 32.2. The van der Waals surface area contributed by atoms with Gasteiger partial charge in [0.2, 0.25) is 0 Å². The molecule has 0 spiro atoms. The van der Waals surface area contributed by atoms with Crippen molar-refractivity contribution in [3.8, 4) is 0 Å². The Morgan fingerprint density at radius 2 is 1.69 bits per heavy atom. The zero-order valence-electron chi connectivity index (χ0n) is 33.1. The van der Waals surface area contributed by atoms with Crippen LogP contribution in [0.5, 0.6) is 0 Å². The SMILES string of the molecule is CS(=O)(=O)c1cc(S(=O)(=O)NC(=O)c2csc(N3CCc4cccc(C(=O)Nc5nc6ccccc6s5)c4C3)n2)ccc1N[C@H](CCN1CCOCC1)CSc1ccccc1. The van der Waals surface area contributed by atoms with Crippen molar-refractivity contribution in [2.45, 2.75) is 40.1 Å². The van der Waals surface area contributed by atoms with Gasteiger partial charge in [-0.2, -0.15) is 0 Å². The first kappa shape index (κ1) is 42.8. The average Bonchev–Trinajstić information content (AvgIpc) is 3.92. The average molecular weight is 918 g/mol. The summed E-state index contributed by atoms with van der Waals surface area (Å²) in [5.41, 5.74) is 3.33. The zero-order valence-corrected chi connectivity index (χ0v) is 37.2. The highest BCUT2D eigenvalue weighted by Crippen LogP contribution is 2.32. The van der Waals surface area contributed by atoms with Crippen molar-refractivity contribution in [1.29, 1.82) is 0 Å². The smallest absolute Gasteiger partial charge is 0.284 e. The van der Waals surface area contributed by atoms with Crippen molar-refractivity contribution in [3.05, 3.63) is 119 Å². The fraction of sp³-hybridized carbons (Fsp3) is 0.286. The third-order valence-corrected chi connectivity index (χ3v) is 15.9. The monoisotopic (exact) mass is 917 g/mol. The Labute approximate surface area is 366 Å². The molecule has 14 nitrogen and oxygen atoms in total. The molecule has 2 aliphatic heterocycles. The van der Waals surface area contributed by atoms with Gasteiger partial charge in [0, 0.05) is 66.6 Å². The van der Waals surface area contributed by atoms with Gasteiger partial charge in [-0.25, -0.2) is 31.5 Å². The predicted octanol–water partition coefficient (Wildman–Crippen LogP) is 6.39. The van der Waals surface area contributed by atoms with Gasteiger partial charge in [-0.15, -0.1) is 23.1 Å². The molecule has 8 rings (SSSR count). The van der Waals surface area contributed by atoms with Crippen molar-refractivity contribution in [2.24, 2.45) is 0 Å². The molecule has 0 radical (unpaired) electrons. The minimum Gasteiger partial charge on any atom is -0.380 e. The van der Waals surface area contributed by atoms with Crippen LogP contribution >= 0.6 is 34.4 Å². The zero-order chi connectivity index (χ0) is 42.6. The van der Waals surface area contributed by atoms with Gasteiger partial charge >= 0.3 is 0 Å². The van der Waals surface area contributed by atoms with Crippen LogP contribution in [0.1, 0.15) is 38.4 Å². The van der Waals surface area contributed by atoms with E-state index >= 15 is 0 Å². The summed E-state index contributed by atoms with van der Waals surface area (Å²) in [4.78, 5) is 40.7. The van der Waals surface area contributed by atoms with Gasteiger partial charge in [0.25, 0.3) is 21.8 Å². The molecule has 4 aromatic carbocycles. The third-order valence-electron chi connectivity index (χ3n) is 10.4. The Hall–Kier alpha value is -4.89. The van der Waals surface area contributed by atoms with Crippen LogP contribution in [0.15, 0.2) is 111 Å². The lowest BCUT2D eigenvalue weighted by atomic mass is 9.94. The number of carbonyl (C=O) groups excluding carboxylic acids is 2. The number of rotatable bonds is 15. The minimum atomic E-state index is -4.52. The second-order valence-electron chi connectivity index (χ2n) is 14.6. The molecule has 0 saturated carbocycles. The minimum absolute atomic E-state index is 0.114. The lowest BCUT2D eigenvalue weighted by molar-refractivity contribution is 0.0370. The van der Waals surface area contributed by atoms with E-state index in [0.717, 1.165) is 58.2 Å². The quantitative estimate of drug-likeness (QED) is 0.0967. The fourth-order valence-corrected chi connectivity index (χ4v) is 11.8. The summed E-state index contributed by atoms with van der Waals surface area (Å²) in [5.74, 6) is -0.606. The van der Waals surface area contributed by atoms with E-state index < -0.39 is 25.8 Å². The van der Waals surface area contributed by atoms with Crippen LogP contribution in [0.4, 0.5) is 16.0 Å². The third kappa shape index (κ3) is 10.4. The Kier molecular flexibility index (Phi) is 13.1. The summed E-state index contributed by atoms with van der Waals surface area (Å²) in [7, 11) is -8.45. The van der Waals surface area contributed by atoms with E-state index in [0.29, 0.717) is 60.7 Å². The van der Waals surface area contributed by atoms with Gasteiger partial charge in [0.05, 0.1) is 38.9 Å². The van der Waals surface area contributed by atoms with E-state index in [2.05, 4.69) is 30.2 Å². The van der Waals surface area contributed by atoms with Crippen molar-refractivity contribution < 1.29 is 31.2 Å². The van der Waals surface area contributed by atoms with Crippen molar-refractivity contribution in [2.75, 3.05) is 66.9 Å². The summed E-state index contributed by atoms with van der Waals surface area (Å²) in [6, 6.07) is 26.8. The van der Waals surface area contributed by atoms with E-state index in [1.165, 1.54) is 40.2 Å². The number of ether oxygens (including phenoxy) is 1. The molecule has 0 unspecified atom stereocenters. The summed E-state index contributed by atoms with van der Waals surface area (Å²) in [6.45, 7) is 4.64. The van der Waals surface area contributed by atoms with E-state index in [-0.39, 0.29) is 33.1 Å². The molecule has 61 heavy (non-hydrogen) atoms.